The predicted molar refractivity (Wildman–Crippen MR) is 163 cm³/mol. The van der Waals surface area contributed by atoms with Crippen molar-refractivity contribution in [1.29, 1.82) is 0 Å². The fourth-order valence-electron chi connectivity index (χ4n) is 6.53. The van der Waals surface area contributed by atoms with E-state index in [-0.39, 0.29) is 0 Å². The van der Waals surface area contributed by atoms with Gasteiger partial charge in [0.05, 0.1) is 0 Å². The highest BCUT2D eigenvalue weighted by Gasteiger charge is 2.24. The third-order valence-electron chi connectivity index (χ3n) is 8.82. The summed E-state index contributed by atoms with van der Waals surface area (Å²) in [4.78, 5) is 0. The molecule has 0 amide bonds. The molecule has 5 rings (SSSR count). The van der Waals surface area contributed by atoms with Gasteiger partial charge in [-0.25, -0.2) is 0 Å². The highest BCUT2D eigenvalue weighted by atomic mass is 14.3. The lowest BCUT2D eigenvalue weighted by Gasteiger charge is -2.22. The van der Waals surface area contributed by atoms with Crippen molar-refractivity contribution in [2.75, 3.05) is 0 Å². The highest BCUT2D eigenvalue weighted by molar-refractivity contribution is 5.92. The average Bonchev–Trinajstić information content (AvgIpc) is 3.24. The van der Waals surface area contributed by atoms with E-state index in [0.717, 1.165) is 0 Å². The van der Waals surface area contributed by atoms with Gasteiger partial charge in [0.1, 0.15) is 0 Å². The molecule has 1 fully saturated rings. The van der Waals surface area contributed by atoms with Crippen LogP contribution in [0.5, 0.6) is 0 Å². The molecule has 0 aromatic carbocycles. The molecular formula is C37H44. The summed E-state index contributed by atoms with van der Waals surface area (Å²) in [6.45, 7) is 16.0. The summed E-state index contributed by atoms with van der Waals surface area (Å²) in [6.07, 6.45) is 11.6. The number of hydrogen-bond acceptors (Lipinski definition) is 0. The van der Waals surface area contributed by atoms with Crippen LogP contribution < -0.4 is 0 Å². The summed E-state index contributed by atoms with van der Waals surface area (Å²) in [6, 6.07) is 19.2. The van der Waals surface area contributed by atoms with Crippen LogP contribution in [0.1, 0.15) is 122 Å². The van der Waals surface area contributed by atoms with Crippen molar-refractivity contribution in [3.05, 3.63) is 93.0 Å². The zero-order valence-electron chi connectivity index (χ0n) is 24.0. The lowest BCUT2D eigenvalue weighted by molar-refractivity contribution is 0.445. The van der Waals surface area contributed by atoms with Crippen LogP contribution in [0.2, 0.25) is 0 Å². The molecule has 0 heterocycles. The van der Waals surface area contributed by atoms with Gasteiger partial charge in [-0.1, -0.05) is 108 Å². The van der Waals surface area contributed by atoms with E-state index in [4.69, 9.17) is 0 Å². The number of hydrogen-bond donors (Lipinski definition) is 0. The van der Waals surface area contributed by atoms with Crippen LogP contribution in [0.25, 0.3) is 34.4 Å². The molecule has 0 saturated heterocycles. The molecule has 5 aliphatic carbocycles. The Kier molecular flexibility index (Phi) is 7.30. The van der Waals surface area contributed by atoms with E-state index in [0.29, 0.717) is 17.8 Å². The van der Waals surface area contributed by atoms with Crippen LogP contribution in [-0.2, 0) is 0 Å². The van der Waals surface area contributed by atoms with Gasteiger partial charge in [-0.2, -0.15) is 0 Å². The Balaban J connectivity index is 1.64. The fourth-order valence-corrected chi connectivity index (χ4v) is 6.53. The molecule has 5 aliphatic rings. The van der Waals surface area contributed by atoms with E-state index in [1.807, 2.05) is 0 Å². The average molecular weight is 489 g/mol. The van der Waals surface area contributed by atoms with Crippen molar-refractivity contribution < 1.29 is 0 Å². The Labute approximate surface area is 225 Å². The van der Waals surface area contributed by atoms with E-state index in [9.17, 15) is 0 Å². The lowest BCUT2D eigenvalue weighted by Crippen LogP contribution is -2.04. The van der Waals surface area contributed by atoms with Gasteiger partial charge in [0.15, 0.2) is 0 Å². The first-order valence-corrected chi connectivity index (χ1v) is 14.5. The number of rotatable bonds is 5. The first-order valence-electron chi connectivity index (χ1n) is 14.5. The minimum atomic E-state index is 0.525. The maximum Gasteiger partial charge on any atom is -0.00791 e. The molecule has 37 heavy (non-hydrogen) atoms. The highest BCUT2D eigenvalue weighted by Crippen LogP contribution is 2.45. The molecule has 0 aromatic heterocycles. The number of aryl methyl sites for hydroxylation is 3. The van der Waals surface area contributed by atoms with Gasteiger partial charge in [-0.3, -0.25) is 0 Å². The van der Waals surface area contributed by atoms with Gasteiger partial charge in [0, 0.05) is 0 Å². The van der Waals surface area contributed by atoms with E-state index in [2.05, 4.69) is 109 Å². The van der Waals surface area contributed by atoms with Crippen molar-refractivity contribution in [2.45, 2.75) is 98.3 Å². The zero-order chi connectivity index (χ0) is 26.3. The zero-order valence-corrected chi connectivity index (χ0v) is 24.0. The molecule has 192 valence electrons. The van der Waals surface area contributed by atoms with Crippen LogP contribution in [0.3, 0.4) is 0 Å². The van der Waals surface area contributed by atoms with Crippen molar-refractivity contribution in [1.82, 2.24) is 0 Å². The SMILES string of the molecule is Cc1cc(/C=C/c2cc(C3CCCCC3)c3cc(C(C)C)ccc(C)c2-3)c2c(C)ccc(C(C)C)cc1-2. The minimum Gasteiger partial charge on any atom is -0.0587 e. The maximum absolute atomic E-state index is 2.54. The molecule has 0 radical (unpaired) electrons. The van der Waals surface area contributed by atoms with Crippen LogP contribution in [0.4, 0.5) is 0 Å². The Hall–Kier alpha value is -2.86. The minimum absolute atomic E-state index is 0.525. The van der Waals surface area contributed by atoms with Crippen LogP contribution in [0.15, 0.2) is 48.5 Å². The molecular weight excluding hydrogens is 444 g/mol. The van der Waals surface area contributed by atoms with Crippen LogP contribution in [0, 0.1) is 20.8 Å². The summed E-state index contributed by atoms with van der Waals surface area (Å²) in [5.41, 5.74) is 17.0. The monoisotopic (exact) mass is 488 g/mol. The molecule has 0 spiro atoms. The van der Waals surface area contributed by atoms with Gasteiger partial charge in [-0.15, -0.1) is 0 Å². The second-order valence-corrected chi connectivity index (χ2v) is 12.2. The number of fused-ring (bicyclic) bond motifs is 2. The normalized spacial score (nSPS) is 15.2. The van der Waals surface area contributed by atoms with Crippen molar-refractivity contribution in [3.8, 4) is 22.3 Å². The Morgan fingerprint density at radius 3 is 1.68 bits per heavy atom. The van der Waals surface area contributed by atoms with Crippen molar-refractivity contribution >= 4 is 12.2 Å². The van der Waals surface area contributed by atoms with Crippen molar-refractivity contribution in [3.63, 3.8) is 0 Å². The standard InChI is InChI=1S/C37H44/c1-23(2)29-15-13-25(5)36-31(19-27(7)33(36)20-29)17-18-32-22-34(28-11-9-8-10-12-28)35-21-30(24(3)4)16-14-26(6)37(32)35/h13-24,28H,8-12H2,1-7H3/b18-17+. The van der Waals surface area contributed by atoms with Gasteiger partial charge in [0.2, 0.25) is 0 Å². The molecule has 0 aromatic rings. The van der Waals surface area contributed by atoms with Gasteiger partial charge >= 0.3 is 0 Å². The van der Waals surface area contributed by atoms with Crippen molar-refractivity contribution in [2.24, 2.45) is 0 Å². The van der Waals surface area contributed by atoms with E-state index in [1.54, 1.807) is 5.56 Å². The van der Waals surface area contributed by atoms with E-state index < -0.39 is 0 Å². The van der Waals surface area contributed by atoms with E-state index >= 15 is 0 Å². The summed E-state index contributed by atoms with van der Waals surface area (Å²) in [7, 11) is 0. The summed E-state index contributed by atoms with van der Waals surface area (Å²) in [5, 5.41) is 0. The quantitative estimate of drug-likeness (QED) is 0.262. The second-order valence-electron chi connectivity index (χ2n) is 12.2. The molecule has 0 heteroatoms. The first-order chi connectivity index (χ1) is 17.7. The summed E-state index contributed by atoms with van der Waals surface area (Å²) in [5.74, 6) is 1.75. The third kappa shape index (κ3) is 5.00. The first kappa shape index (κ1) is 25.8. The molecule has 1 saturated carbocycles. The Bertz CT molecular complexity index is 1370. The van der Waals surface area contributed by atoms with Crippen LogP contribution >= 0.6 is 0 Å². The van der Waals surface area contributed by atoms with Gasteiger partial charge in [0.25, 0.3) is 0 Å². The largest absolute Gasteiger partial charge is 0.0587 e. The Morgan fingerprint density at radius 1 is 0.595 bits per heavy atom. The lowest BCUT2D eigenvalue weighted by atomic mass is 9.83. The van der Waals surface area contributed by atoms with E-state index in [1.165, 1.54) is 93.3 Å². The fraction of sp³-hybridized carbons (Fsp3) is 0.405. The summed E-state index contributed by atoms with van der Waals surface area (Å²) >= 11 is 0. The van der Waals surface area contributed by atoms with Gasteiger partial charge in [-0.05, 0) is 118 Å². The smallest absolute Gasteiger partial charge is 0.00791 e. The maximum atomic E-state index is 2.54. The molecule has 0 unspecified atom stereocenters. The van der Waals surface area contributed by atoms with Gasteiger partial charge < -0.3 is 0 Å². The predicted octanol–water partition coefficient (Wildman–Crippen LogP) is 11.3. The molecule has 0 bridgehead atoms. The second kappa shape index (κ2) is 10.5. The molecule has 0 aliphatic heterocycles. The topological polar surface area (TPSA) is 0 Å². The third-order valence-corrected chi connectivity index (χ3v) is 8.82. The molecule has 0 N–H and O–H groups in total. The summed E-state index contributed by atoms with van der Waals surface area (Å²) < 4.78 is 0. The molecule has 0 nitrogen and oxygen atoms in total. The van der Waals surface area contributed by atoms with Crippen LogP contribution in [-0.4, -0.2) is 0 Å². The molecule has 0 atom stereocenters. The Morgan fingerprint density at radius 2 is 1.11 bits per heavy atom.